The first-order valence-electron chi connectivity index (χ1n) is 11.1. The number of nitrogens with zero attached hydrogens (tertiary/aromatic N) is 2. The molecule has 5 rings (SSSR count). The Labute approximate surface area is 197 Å². The van der Waals surface area contributed by atoms with Gasteiger partial charge in [-0.15, -0.1) is 0 Å². The van der Waals surface area contributed by atoms with Crippen molar-refractivity contribution in [1.82, 2.24) is 20.3 Å². The monoisotopic (exact) mass is 452 g/mol. The van der Waals surface area contributed by atoms with Gasteiger partial charge in [0.05, 0.1) is 23.6 Å². The summed E-state index contributed by atoms with van der Waals surface area (Å²) in [5, 5.41) is 2.93. The van der Waals surface area contributed by atoms with E-state index >= 15 is 0 Å². The number of nitrogens with one attached hydrogen (secondary N) is 2. The Morgan fingerprint density at radius 2 is 1.88 bits per heavy atom. The molecule has 0 saturated heterocycles. The number of aromatic nitrogens is 3. The number of pyridine rings is 1. The van der Waals surface area contributed by atoms with Gasteiger partial charge in [-0.2, -0.15) is 0 Å². The molecule has 170 valence electrons. The number of benzene rings is 2. The second kappa shape index (κ2) is 9.62. The van der Waals surface area contributed by atoms with Crippen molar-refractivity contribution in [2.24, 2.45) is 0 Å². The summed E-state index contributed by atoms with van der Waals surface area (Å²) in [7, 11) is 0. The molecule has 7 heteroatoms. The van der Waals surface area contributed by atoms with Crippen molar-refractivity contribution in [3.63, 3.8) is 0 Å². The summed E-state index contributed by atoms with van der Waals surface area (Å²) >= 11 is 0. The number of H-pyrrole nitrogens is 1. The lowest BCUT2D eigenvalue weighted by molar-refractivity contribution is -0.120. The summed E-state index contributed by atoms with van der Waals surface area (Å²) in [5.74, 6) is 1.96. The SMILES string of the molecule is Cc1cccc(-c2[nH]c(CNC(=O)C/C=C/c3ccccc3)nc2-c2ccc3c(c2)OCO3)n1. The highest BCUT2D eigenvalue weighted by Gasteiger charge is 2.19. The van der Waals surface area contributed by atoms with Crippen LogP contribution in [0.2, 0.25) is 0 Å². The van der Waals surface area contributed by atoms with Crippen LogP contribution in [-0.2, 0) is 11.3 Å². The number of rotatable bonds is 7. The van der Waals surface area contributed by atoms with E-state index in [9.17, 15) is 4.79 Å². The summed E-state index contributed by atoms with van der Waals surface area (Å²) in [6.07, 6.45) is 4.08. The molecule has 0 radical (unpaired) electrons. The van der Waals surface area contributed by atoms with Crippen LogP contribution in [0.25, 0.3) is 28.7 Å². The van der Waals surface area contributed by atoms with Crippen LogP contribution in [0.4, 0.5) is 0 Å². The number of imidazole rings is 1. The minimum absolute atomic E-state index is 0.0801. The molecule has 3 heterocycles. The van der Waals surface area contributed by atoms with Crippen LogP contribution >= 0.6 is 0 Å². The van der Waals surface area contributed by atoms with E-state index in [2.05, 4.69) is 15.3 Å². The van der Waals surface area contributed by atoms with Crippen molar-refractivity contribution in [2.45, 2.75) is 19.9 Å². The molecule has 0 atom stereocenters. The van der Waals surface area contributed by atoms with Gasteiger partial charge in [0.25, 0.3) is 0 Å². The summed E-state index contributed by atoms with van der Waals surface area (Å²) in [6, 6.07) is 21.5. The summed E-state index contributed by atoms with van der Waals surface area (Å²) in [6.45, 7) is 2.44. The van der Waals surface area contributed by atoms with E-state index in [1.165, 1.54) is 0 Å². The third-order valence-corrected chi connectivity index (χ3v) is 5.41. The van der Waals surface area contributed by atoms with Gasteiger partial charge in [-0.25, -0.2) is 4.98 Å². The molecule has 0 saturated carbocycles. The lowest BCUT2D eigenvalue weighted by atomic mass is 10.1. The molecule has 1 amide bonds. The standard InChI is InChI=1S/C27H24N4O3/c1-18-7-5-11-21(29-18)27-26(20-13-14-22-23(15-20)34-17-33-22)30-24(31-27)16-28-25(32)12-6-10-19-8-3-2-4-9-19/h2-11,13-15H,12,16-17H2,1H3,(H,28,32)(H,30,31)/b10-6+. The molecule has 0 bridgehead atoms. The fourth-order valence-electron chi connectivity index (χ4n) is 3.75. The van der Waals surface area contributed by atoms with E-state index in [0.29, 0.717) is 17.3 Å². The Morgan fingerprint density at radius 3 is 2.74 bits per heavy atom. The highest BCUT2D eigenvalue weighted by molar-refractivity contribution is 5.80. The molecule has 7 nitrogen and oxygen atoms in total. The second-order valence-corrected chi connectivity index (χ2v) is 7.93. The Bertz CT molecular complexity index is 1350. The van der Waals surface area contributed by atoms with Crippen LogP contribution in [0.5, 0.6) is 11.5 Å². The molecule has 34 heavy (non-hydrogen) atoms. The van der Waals surface area contributed by atoms with Crippen LogP contribution < -0.4 is 14.8 Å². The van der Waals surface area contributed by atoms with Gasteiger partial charge in [-0.3, -0.25) is 9.78 Å². The third-order valence-electron chi connectivity index (χ3n) is 5.41. The van der Waals surface area contributed by atoms with E-state index in [-0.39, 0.29) is 25.7 Å². The van der Waals surface area contributed by atoms with Crippen LogP contribution in [0.3, 0.4) is 0 Å². The maximum Gasteiger partial charge on any atom is 0.231 e. The second-order valence-electron chi connectivity index (χ2n) is 7.93. The van der Waals surface area contributed by atoms with Gasteiger partial charge in [0, 0.05) is 17.7 Å². The Balaban J connectivity index is 1.35. The number of amides is 1. The smallest absolute Gasteiger partial charge is 0.231 e. The van der Waals surface area contributed by atoms with Crippen molar-refractivity contribution in [1.29, 1.82) is 0 Å². The minimum Gasteiger partial charge on any atom is -0.454 e. The summed E-state index contributed by atoms with van der Waals surface area (Å²) in [5.41, 5.74) is 5.15. The van der Waals surface area contributed by atoms with Crippen molar-refractivity contribution in [2.75, 3.05) is 6.79 Å². The molecule has 1 aliphatic rings. The molecule has 0 spiro atoms. The first kappa shape index (κ1) is 21.5. The van der Waals surface area contributed by atoms with Gasteiger partial charge >= 0.3 is 0 Å². The third kappa shape index (κ3) is 4.83. The zero-order chi connectivity index (χ0) is 23.3. The fourth-order valence-corrected chi connectivity index (χ4v) is 3.75. The van der Waals surface area contributed by atoms with E-state index < -0.39 is 0 Å². The van der Waals surface area contributed by atoms with Gasteiger partial charge in [0.15, 0.2) is 11.5 Å². The van der Waals surface area contributed by atoms with E-state index in [1.807, 2.05) is 85.8 Å². The predicted molar refractivity (Wildman–Crippen MR) is 130 cm³/mol. The molecule has 1 aliphatic heterocycles. The lowest BCUT2D eigenvalue weighted by Crippen LogP contribution is -2.22. The first-order valence-corrected chi connectivity index (χ1v) is 11.1. The number of aryl methyl sites for hydroxylation is 1. The molecule has 0 fully saturated rings. The van der Waals surface area contributed by atoms with Crippen LogP contribution in [0, 0.1) is 6.92 Å². The average Bonchev–Trinajstić information content (AvgIpc) is 3.50. The predicted octanol–water partition coefficient (Wildman–Crippen LogP) is 4.90. The maximum atomic E-state index is 12.4. The minimum atomic E-state index is -0.0801. The first-order chi connectivity index (χ1) is 16.7. The molecular formula is C27H24N4O3. The van der Waals surface area contributed by atoms with Crippen molar-refractivity contribution in [3.8, 4) is 34.1 Å². The molecule has 0 aliphatic carbocycles. The van der Waals surface area contributed by atoms with Crippen molar-refractivity contribution >= 4 is 12.0 Å². The number of aromatic amines is 1. The normalized spacial score (nSPS) is 12.3. The van der Waals surface area contributed by atoms with Gasteiger partial charge in [0.2, 0.25) is 12.7 Å². The number of fused-ring (bicyclic) bond motifs is 1. The molecule has 4 aromatic rings. The van der Waals surface area contributed by atoms with E-state index in [4.69, 9.17) is 14.5 Å². The van der Waals surface area contributed by atoms with Crippen LogP contribution in [0.1, 0.15) is 23.5 Å². The van der Waals surface area contributed by atoms with Crippen molar-refractivity contribution in [3.05, 3.63) is 89.9 Å². The van der Waals surface area contributed by atoms with Crippen molar-refractivity contribution < 1.29 is 14.3 Å². The zero-order valence-corrected chi connectivity index (χ0v) is 18.7. The topological polar surface area (TPSA) is 89.1 Å². The fraction of sp³-hybridized carbons (Fsp3) is 0.148. The maximum absolute atomic E-state index is 12.4. The summed E-state index contributed by atoms with van der Waals surface area (Å²) < 4.78 is 11.0. The average molecular weight is 453 g/mol. The molecule has 2 aromatic carbocycles. The molecule has 2 aromatic heterocycles. The molecule has 0 unspecified atom stereocenters. The Morgan fingerprint density at radius 1 is 1.03 bits per heavy atom. The number of carbonyl (C=O) groups is 1. The molecule has 2 N–H and O–H groups in total. The van der Waals surface area contributed by atoms with Crippen LogP contribution in [-0.4, -0.2) is 27.7 Å². The van der Waals surface area contributed by atoms with E-state index in [1.54, 1.807) is 0 Å². The number of ether oxygens (including phenoxy) is 2. The number of hydrogen-bond acceptors (Lipinski definition) is 5. The Kier molecular flexibility index (Phi) is 6.07. The zero-order valence-electron chi connectivity index (χ0n) is 18.7. The largest absolute Gasteiger partial charge is 0.454 e. The Hall–Kier alpha value is -4.39. The highest BCUT2D eigenvalue weighted by atomic mass is 16.7. The highest BCUT2D eigenvalue weighted by Crippen LogP contribution is 2.38. The summed E-state index contributed by atoms with van der Waals surface area (Å²) in [4.78, 5) is 25.2. The van der Waals surface area contributed by atoms with Gasteiger partial charge in [-0.05, 0) is 42.8 Å². The lowest BCUT2D eigenvalue weighted by Gasteiger charge is -2.04. The number of carbonyl (C=O) groups excluding carboxylic acids is 1. The van der Waals surface area contributed by atoms with Gasteiger partial charge in [-0.1, -0.05) is 48.6 Å². The van der Waals surface area contributed by atoms with E-state index in [0.717, 1.165) is 33.9 Å². The van der Waals surface area contributed by atoms with Gasteiger partial charge in [0.1, 0.15) is 5.82 Å². The van der Waals surface area contributed by atoms with Crippen LogP contribution in [0.15, 0.2) is 72.8 Å². The molecular weight excluding hydrogens is 428 g/mol. The number of hydrogen-bond donors (Lipinski definition) is 2. The quantitative estimate of drug-likeness (QED) is 0.417. The van der Waals surface area contributed by atoms with Gasteiger partial charge < -0.3 is 19.8 Å².